The molecule has 100 valence electrons. The molecule has 0 saturated carbocycles. The lowest BCUT2D eigenvalue weighted by Crippen LogP contribution is -2.04. The van der Waals surface area contributed by atoms with E-state index in [-0.39, 0.29) is 5.82 Å². The van der Waals surface area contributed by atoms with E-state index in [1.54, 1.807) is 24.3 Å². The van der Waals surface area contributed by atoms with Crippen molar-refractivity contribution in [3.63, 3.8) is 0 Å². The lowest BCUT2D eigenvalue weighted by molar-refractivity contribution is 0.631. The van der Waals surface area contributed by atoms with Gasteiger partial charge < -0.3 is 10.6 Å². The number of benzene rings is 1. The van der Waals surface area contributed by atoms with Crippen molar-refractivity contribution in [2.45, 2.75) is 12.1 Å². The Kier molecular flexibility index (Phi) is 4.57. The number of aromatic nitrogens is 2. The van der Waals surface area contributed by atoms with Crippen molar-refractivity contribution in [2.75, 3.05) is 23.4 Å². The summed E-state index contributed by atoms with van der Waals surface area (Å²) in [6, 6.07) is 8.26. The third-order valence-electron chi connectivity index (χ3n) is 2.38. The molecule has 0 spiro atoms. The minimum atomic E-state index is -0.309. The molecule has 0 radical (unpaired) electrons. The van der Waals surface area contributed by atoms with Crippen molar-refractivity contribution in [2.24, 2.45) is 0 Å². The van der Waals surface area contributed by atoms with Gasteiger partial charge in [0.05, 0.1) is 5.69 Å². The highest BCUT2D eigenvalue weighted by Crippen LogP contribution is 2.22. The number of anilines is 3. The molecule has 19 heavy (non-hydrogen) atoms. The highest BCUT2D eigenvalue weighted by molar-refractivity contribution is 7.98. The largest absolute Gasteiger partial charge is 0.370 e. The molecule has 1 aromatic heterocycles. The zero-order valence-electron chi connectivity index (χ0n) is 10.8. The Bertz CT molecular complexity index is 562. The molecule has 0 bridgehead atoms. The summed E-state index contributed by atoms with van der Waals surface area (Å²) >= 11 is 1.44. The van der Waals surface area contributed by atoms with Crippen molar-refractivity contribution in [1.29, 1.82) is 0 Å². The number of hydrogen-bond acceptors (Lipinski definition) is 5. The van der Waals surface area contributed by atoms with Gasteiger partial charge in [0.2, 0.25) is 0 Å². The van der Waals surface area contributed by atoms with Crippen LogP contribution in [0.15, 0.2) is 35.5 Å². The summed E-state index contributed by atoms with van der Waals surface area (Å²) in [6.45, 7) is 2.76. The first kappa shape index (κ1) is 13.6. The van der Waals surface area contributed by atoms with Gasteiger partial charge in [0.25, 0.3) is 0 Å². The summed E-state index contributed by atoms with van der Waals surface area (Å²) in [5, 5.41) is 6.73. The van der Waals surface area contributed by atoms with Gasteiger partial charge in [-0.15, -0.1) is 0 Å². The Morgan fingerprint density at radius 3 is 2.63 bits per heavy atom. The predicted molar refractivity (Wildman–Crippen MR) is 77.7 cm³/mol. The van der Waals surface area contributed by atoms with Crippen LogP contribution in [-0.4, -0.2) is 22.8 Å². The van der Waals surface area contributed by atoms with Crippen LogP contribution in [-0.2, 0) is 0 Å². The van der Waals surface area contributed by atoms with E-state index in [4.69, 9.17) is 0 Å². The molecule has 6 heteroatoms. The van der Waals surface area contributed by atoms with Crippen LogP contribution < -0.4 is 10.6 Å². The molecule has 0 amide bonds. The Morgan fingerprint density at radius 2 is 1.95 bits per heavy atom. The molecule has 0 aliphatic carbocycles. The molecule has 0 unspecified atom stereocenters. The van der Waals surface area contributed by atoms with Gasteiger partial charge >= 0.3 is 0 Å². The van der Waals surface area contributed by atoms with Crippen LogP contribution in [0, 0.1) is 5.82 Å². The van der Waals surface area contributed by atoms with E-state index in [1.165, 1.54) is 17.8 Å². The summed E-state index contributed by atoms with van der Waals surface area (Å²) in [5.41, 5.74) is 0.399. The highest BCUT2D eigenvalue weighted by Gasteiger charge is 2.06. The Morgan fingerprint density at radius 1 is 1.21 bits per heavy atom. The SMILES string of the molecule is CCNc1cc(Nc2ccccc2F)nc(SC)n1. The molecule has 0 fully saturated rings. The Balaban J connectivity index is 2.29. The molecular formula is C13H15FN4S. The number of thioether (sulfide) groups is 1. The van der Waals surface area contributed by atoms with Gasteiger partial charge in [0.15, 0.2) is 5.16 Å². The smallest absolute Gasteiger partial charge is 0.191 e. The van der Waals surface area contributed by atoms with Gasteiger partial charge in [-0.25, -0.2) is 14.4 Å². The maximum atomic E-state index is 13.6. The summed E-state index contributed by atoms with van der Waals surface area (Å²) in [7, 11) is 0. The van der Waals surface area contributed by atoms with E-state index in [0.717, 1.165) is 12.4 Å². The number of nitrogens with zero attached hydrogens (tertiary/aromatic N) is 2. The molecule has 4 nitrogen and oxygen atoms in total. The molecule has 2 N–H and O–H groups in total. The molecule has 1 aromatic carbocycles. The Labute approximate surface area is 115 Å². The van der Waals surface area contributed by atoms with Crippen LogP contribution in [0.1, 0.15) is 6.92 Å². The standard InChI is InChI=1S/C13H15FN4S/c1-3-15-11-8-12(18-13(17-11)19-2)16-10-7-5-4-6-9(10)14/h4-8H,3H2,1-2H3,(H2,15,16,17,18). The maximum absolute atomic E-state index is 13.6. The van der Waals surface area contributed by atoms with Gasteiger partial charge in [-0.3, -0.25) is 0 Å². The number of para-hydroxylation sites is 1. The van der Waals surface area contributed by atoms with Gasteiger partial charge in [0, 0.05) is 12.6 Å². The number of nitrogens with one attached hydrogen (secondary N) is 2. The lowest BCUT2D eigenvalue weighted by Gasteiger charge is -2.10. The first-order valence-electron chi connectivity index (χ1n) is 5.91. The van der Waals surface area contributed by atoms with E-state index in [1.807, 2.05) is 13.2 Å². The zero-order chi connectivity index (χ0) is 13.7. The molecule has 0 saturated heterocycles. The van der Waals surface area contributed by atoms with Gasteiger partial charge in [-0.2, -0.15) is 0 Å². The van der Waals surface area contributed by atoms with Crippen LogP contribution in [0.5, 0.6) is 0 Å². The molecule has 1 heterocycles. The molecule has 0 atom stereocenters. The van der Waals surface area contributed by atoms with Crippen LogP contribution in [0.3, 0.4) is 0 Å². The highest BCUT2D eigenvalue weighted by atomic mass is 32.2. The van der Waals surface area contributed by atoms with Gasteiger partial charge in [-0.05, 0) is 25.3 Å². The number of rotatable bonds is 5. The quantitative estimate of drug-likeness (QED) is 0.647. The monoisotopic (exact) mass is 278 g/mol. The number of hydrogen-bond donors (Lipinski definition) is 2. The van der Waals surface area contributed by atoms with Crippen molar-refractivity contribution in [3.8, 4) is 0 Å². The molecule has 0 aliphatic rings. The minimum Gasteiger partial charge on any atom is -0.370 e. The molecule has 0 aliphatic heterocycles. The third-order valence-corrected chi connectivity index (χ3v) is 2.93. The fraction of sp³-hybridized carbons (Fsp3) is 0.231. The van der Waals surface area contributed by atoms with Crippen molar-refractivity contribution < 1.29 is 4.39 Å². The average Bonchev–Trinajstić information content (AvgIpc) is 2.41. The average molecular weight is 278 g/mol. The molecule has 2 aromatic rings. The second-order valence-corrected chi connectivity index (χ2v) is 4.53. The summed E-state index contributed by atoms with van der Waals surface area (Å²) in [5.74, 6) is 0.984. The number of halogens is 1. The second kappa shape index (κ2) is 6.38. The fourth-order valence-electron chi connectivity index (χ4n) is 1.55. The Hall–Kier alpha value is -1.82. The zero-order valence-corrected chi connectivity index (χ0v) is 11.6. The van der Waals surface area contributed by atoms with Gasteiger partial charge in [-0.1, -0.05) is 23.9 Å². The van der Waals surface area contributed by atoms with Crippen LogP contribution in [0.25, 0.3) is 0 Å². The molecular weight excluding hydrogens is 263 g/mol. The van der Waals surface area contributed by atoms with Crippen molar-refractivity contribution in [1.82, 2.24) is 9.97 Å². The van der Waals surface area contributed by atoms with E-state index in [0.29, 0.717) is 16.7 Å². The third kappa shape index (κ3) is 3.57. The van der Waals surface area contributed by atoms with Gasteiger partial charge in [0.1, 0.15) is 17.5 Å². The fourth-order valence-corrected chi connectivity index (χ4v) is 1.93. The van der Waals surface area contributed by atoms with E-state index < -0.39 is 0 Å². The molecule has 2 rings (SSSR count). The maximum Gasteiger partial charge on any atom is 0.191 e. The lowest BCUT2D eigenvalue weighted by atomic mass is 10.3. The van der Waals surface area contributed by atoms with Crippen molar-refractivity contribution >= 4 is 29.1 Å². The minimum absolute atomic E-state index is 0.309. The first-order chi connectivity index (χ1) is 9.22. The second-order valence-electron chi connectivity index (χ2n) is 3.76. The summed E-state index contributed by atoms with van der Waals surface area (Å²) < 4.78 is 13.6. The van der Waals surface area contributed by atoms with E-state index >= 15 is 0 Å². The van der Waals surface area contributed by atoms with Crippen LogP contribution >= 0.6 is 11.8 Å². The van der Waals surface area contributed by atoms with E-state index in [9.17, 15) is 4.39 Å². The summed E-state index contributed by atoms with van der Waals surface area (Å²) in [6.07, 6.45) is 1.90. The topological polar surface area (TPSA) is 49.8 Å². The van der Waals surface area contributed by atoms with Crippen LogP contribution in [0.4, 0.5) is 21.7 Å². The van der Waals surface area contributed by atoms with Crippen LogP contribution in [0.2, 0.25) is 0 Å². The predicted octanol–water partition coefficient (Wildman–Crippen LogP) is 3.51. The summed E-state index contributed by atoms with van der Waals surface area (Å²) in [4.78, 5) is 8.62. The normalized spacial score (nSPS) is 10.3. The van der Waals surface area contributed by atoms with Crippen molar-refractivity contribution in [3.05, 3.63) is 36.1 Å². The van der Waals surface area contributed by atoms with E-state index in [2.05, 4.69) is 20.6 Å². The first-order valence-corrected chi connectivity index (χ1v) is 7.14.